The Kier molecular flexibility index (Phi) is 4.15. The van der Waals surface area contributed by atoms with Gasteiger partial charge >= 0.3 is 5.97 Å². The van der Waals surface area contributed by atoms with E-state index in [9.17, 15) is 4.79 Å². The minimum Gasteiger partial charge on any atom is -0.465 e. The van der Waals surface area contributed by atoms with Crippen molar-refractivity contribution in [2.75, 3.05) is 13.2 Å². The van der Waals surface area contributed by atoms with Crippen molar-refractivity contribution in [3.63, 3.8) is 0 Å². The van der Waals surface area contributed by atoms with Gasteiger partial charge < -0.3 is 9.47 Å². The van der Waals surface area contributed by atoms with Crippen molar-refractivity contribution in [2.45, 2.75) is 19.4 Å². The van der Waals surface area contributed by atoms with Gasteiger partial charge in [-0.15, -0.1) is 6.58 Å². The van der Waals surface area contributed by atoms with E-state index < -0.39 is 0 Å². The Labute approximate surface area is 107 Å². The topological polar surface area (TPSA) is 35.5 Å². The highest BCUT2D eigenvalue weighted by molar-refractivity contribution is 5.73. The summed E-state index contributed by atoms with van der Waals surface area (Å²) in [6.45, 7) is 5.44. The molecule has 0 aliphatic carbocycles. The van der Waals surface area contributed by atoms with Crippen LogP contribution in [0, 0.1) is 5.41 Å². The average molecular weight is 246 g/mol. The Morgan fingerprint density at radius 2 is 2.17 bits per heavy atom. The highest BCUT2D eigenvalue weighted by Gasteiger charge is 2.37. The van der Waals surface area contributed by atoms with Crippen LogP contribution in [-0.2, 0) is 20.9 Å². The second-order valence-corrected chi connectivity index (χ2v) is 4.69. The molecule has 3 heteroatoms. The molecule has 1 heterocycles. The first-order chi connectivity index (χ1) is 8.74. The van der Waals surface area contributed by atoms with Gasteiger partial charge in [0.1, 0.15) is 6.61 Å². The Balaban J connectivity index is 1.75. The lowest BCUT2D eigenvalue weighted by Gasteiger charge is -2.20. The molecule has 0 N–H and O–H groups in total. The number of hydrogen-bond acceptors (Lipinski definition) is 3. The maximum absolute atomic E-state index is 11.2. The zero-order valence-electron chi connectivity index (χ0n) is 10.4. The fourth-order valence-electron chi connectivity index (χ4n) is 2.05. The second-order valence-electron chi connectivity index (χ2n) is 4.69. The van der Waals surface area contributed by atoms with Crippen molar-refractivity contribution < 1.29 is 14.3 Å². The molecule has 1 aliphatic rings. The molecule has 1 aliphatic heterocycles. The minimum absolute atomic E-state index is 0.141. The Bertz CT molecular complexity index is 413. The van der Waals surface area contributed by atoms with Crippen molar-refractivity contribution >= 4 is 5.97 Å². The highest BCUT2D eigenvalue weighted by Crippen LogP contribution is 2.34. The zero-order chi connectivity index (χ0) is 12.8. The van der Waals surface area contributed by atoms with Gasteiger partial charge in [-0.1, -0.05) is 36.4 Å². The van der Waals surface area contributed by atoms with E-state index >= 15 is 0 Å². The number of hydrogen-bond donors (Lipinski definition) is 0. The number of benzene rings is 1. The summed E-state index contributed by atoms with van der Waals surface area (Å²) in [6, 6.07) is 10.0. The van der Waals surface area contributed by atoms with Crippen LogP contribution >= 0.6 is 0 Å². The van der Waals surface area contributed by atoms with E-state index in [1.165, 1.54) is 0 Å². The lowest BCUT2D eigenvalue weighted by atomic mass is 9.84. The van der Waals surface area contributed by atoms with Crippen molar-refractivity contribution in [2.24, 2.45) is 5.41 Å². The third-order valence-corrected chi connectivity index (χ3v) is 3.31. The molecule has 1 saturated heterocycles. The van der Waals surface area contributed by atoms with Crippen LogP contribution in [0.3, 0.4) is 0 Å². The smallest absolute Gasteiger partial charge is 0.306 e. The van der Waals surface area contributed by atoms with Crippen LogP contribution in [0.2, 0.25) is 0 Å². The van der Waals surface area contributed by atoms with Crippen molar-refractivity contribution in [3.8, 4) is 0 Å². The first-order valence-electron chi connectivity index (χ1n) is 6.15. The van der Waals surface area contributed by atoms with E-state index in [-0.39, 0.29) is 11.4 Å². The summed E-state index contributed by atoms with van der Waals surface area (Å²) >= 11 is 0. The number of rotatable bonds is 6. The van der Waals surface area contributed by atoms with Gasteiger partial charge in [0.25, 0.3) is 0 Å². The molecule has 0 radical (unpaired) electrons. The minimum atomic E-state index is -0.228. The van der Waals surface area contributed by atoms with Crippen molar-refractivity contribution in [3.05, 3.63) is 48.6 Å². The second kappa shape index (κ2) is 5.83. The molecular formula is C15H18O3. The monoisotopic (exact) mass is 246 g/mol. The van der Waals surface area contributed by atoms with Crippen LogP contribution in [0.4, 0.5) is 0 Å². The van der Waals surface area contributed by atoms with Gasteiger partial charge in [0.2, 0.25) is 0 Å². The Morgan fingerprint density at radius 1 is 1.39 bits per heavy atom. The first-order valence-corrected chi connectivity index (χ1v) is 6.15. The van der Waals surface area contributed by atoms with Gasteiger partial charge in [-0.3, -0.25) is 4.79 Å². The molecule has 0 amide bonds. The fraction of sp³-hybridized carbons (Fsp3) is 0.400. The molecular weight excluding hydrogens is 228 g/mol. The van der Waals surface area contributed by atoms with Gasteiger partial charge in [0, 0.05) is 12.0 Å². The van der Waals surface area contributed by atoms with Gasteiger partial charge in [0.15, 0.2) is 0 Å². The normalized spacial score (nSPS) is 22.8. The van der Waals surface area contributed by atoms with E-state index in [1.54, 1.807) is 0 Å². The molecule has 0 bridgehead atoms. The Hall–Kier alpha value is -1.61. The van der Waals surface area contributed by atoms with Crippen LogP contribution in [0.5, 0.6) is 0 Å². The van der Waals surface area contributed by atoms with Crippen LogP contribution in [-0.4, -0.2) is 19.2 Å². The zero-order valence-corrected chi connectivity index (χ0v) is 10.4. The summed E-state index contributed by atoms with van der Waals surface area (Å²) in [5.41, 5.74) is 0.928. The summed E-state index contributed by atoms with van der Waals surface area (Å²) < 4.78 is 10.6. The number of carbonyl (C=O) groups excluding carboxylic acids is 1. The quantitative estimate of drug-likeness (QED) is 0.440. The van der Waals surface area contributed by atoms with Crippen LogP contribution in [0.1, 0.15) is 18.4 Å². The molecule has 96 valence electrons. The molecule has 3 nitrogen and oxygen atoms in total. The molecule has 1 aromatic carbocycles. The number of esters is 1. The number of ether oxygens (including phenoxy) is 2. The molecule has 0 saturated carbocycles. The summed E-state index contributed by atoms with van der Waals surface area (Å²) in [7, 11) is 0. The van der Waals surface area contributed by atoms with Gasteiger partial charge in [-0.05, 0) is 12.0 Å². The molecule has 2 rings (SSSR count). The number of carbonyl (C=O) groups is 1. The lowest BCUT2D eigenvalue weighted by molar-refractivity contribution is -0.137. The summed E-state index contributed by atoms with van der Waals surface area (Å²) in [5, 5.41) is 0. The Morgan fingerprint density at radius 3 is 2.78 bits per heavy atom. The average Bonchev–Trinajstić information content (AvgIpc) is 2.78. The molecule has 1 fully saturated rings. The van der Waals surface area contributed by atoms with Gasteiger partial charge in [-0.25, -0.2) is 0 Å². The molecule has 0 spiro atoms. The first kappa shape index (κ1) is 12.8. The third kappa shape index (κ3) is 3.20. The van der Waals surface area contributed by atoms with Crippen molar-refractivity contribution in [1.29, 1.82) is 0 Å². The van der Waals surface area contributed by atoms with E-state index in [1.807, 2.05) is 36.4 Å². The molecule has 0 aromatic heterocycles. The predicted octanol–water partition coefficient (Wildman–Crippen LogP) is 2.71. The van der Waals surface area contributed by atoms with E-state index in [0.717, 1.165) is 12.0 Å². The van der Waals surface area contributed by atoms with Crippen molar-refractivity contribution in [1.82, 2.24) is 0 Å². The van der Waals surface area contributed by atoms with Crippen LogP contribution < -0.4 is 0 Å². The van der Waals surface area contributed by atoms with E-state index in [0.29, 0.717) is 26.2 Å². The summed E-state index contributed by atoms with van der Waals surface area (Å²) in [4.78, 5) is 11.2. The maximum atomic E-state index is 11.2. The van der Waals surface area contributed by atoms with Crippen LogP contribution in [0.15, 0.2) is 43.0 Å². The fourth-order valence-corrected chi connectivity index (χ4v) is 2.05. The van der Waals surface area contributed by atoms with E-state index in [2.05, 4.69) is 6.58 Å². The standard InChI is InChI=1S/C15H18O3/c1-2-15(10-14(16)18-12-15)8-9-17-11-13-6-4-3-5-7-13/h2-7H,1,8-12H2/t15-/m1/s1. The SMILES string of the molecule is C=C[C@]1(CCOCc2ccccc2)COC(=O)C1. The molecule has 18 heavy (non-hydrogen) atoms. The van der Waals surface area contributed by atoms with Gasteiger partial charge in [0.05, 0.1) is 13.0 Å². The highest BCUT2D eigenvalue weighted by atomic mass is 16.5. The van der Waals surface area contributed by atoms with E-state index in [4.69, 9.17) is 9.47 Å². The third-order valence-electron chi connectivity index (χ3n) is 3.31. The molecule has 0 unspecified atom stereocenters. The lowest BCUT2D eigenvalue weighted by Crippen LogP contribution is -2.20. The number of cyclic esters (lactones) is 1. The predicted molar refractivity (Wildman–Crippen MR) is 68.9 cm³/mol. The summed E-state index contributed by atoms with van der Waals surface area (Å²) in [5.74, 6) is -0.141. The molecule has 1 atom stereocenters. The van der Waals surface area contributed by atoms with Crippen LogP contribution in [0.25, 0.3) is 0 Å². The molecule has 1 aromatic rings. The maximum Gasteiger partial charge on any atom is 0.306 e. The summed E-state index contributed by atoms with van der Waals surface area (Å²) in [6.07, 6.45) is 3.02. The van der Waals surface area contributed by atoms with Gasteiger partial charge in [-0.2, -0.15) is 0 Å². The largest absolute Gasteiger partial charge is 0.465 e.